The fraction of sp³-hybridized carbons (Fsp3) is 0.429. The number of nitrogens with zero attached hydrogens (tertiary/aromatic N) is 1. The van der Waals surface area contributed by atoms with Crippen molar-refractivity contribution >= 4 is 28.6 Å². The predicted molar refractivity (Wildman–Crippen MR) is 80.0 cm³/mol. The van der Waals surface area contributed by atoms with Gasteiger partial charge in [0.1, 0.15) is 5.75 Å². The highest BCUT2D eigenvalue weighted by Gasteiger charge is 2.38. The first-order chi connectivity index (χ1) is 9.65. The summed E-state index contributed by atoms with van der Waals surface area (Å²) in [5.74, 6) is 0.614. The minimum Gasteiger partial charge on any atom is -0.494 e. The number of thioether (sulfide) groups is 1. The maximum Gasteiger partial charge on any atom is 0.290 e. The van der Waals surface area contributed by atoms with Crippen LogP contribution in [0.3, 0.4) is 0 Å². The van der Waals surface area contributed by atoms with Gasteiger partial charge in [0.25, 0.3) is 11.1 Å². The van der Waals surface area contributed by atoms with Gasteiger partial charge in [0.15, 0.2) is 5.37 Å². The molecule has 1 heterocycles. The SMILES string of the molecule is CCCN1C(=O)S[C@@H](Nc2ccc(OCC)cc2)C1=O. The van der Waals surface area contributed by atoms with Crippen LogP contribution in [0.2, 0.25) is 0 Å². The first-order valence-corrected chi connectivity index (χ1v) is 7.55. The molecule has 1 saturated heterocycles. The number of anilines is 1. The van der Waals surface area contributed by atoms with E-state index in [-0.39, 0.29) is 11.1 Å². The van der Waals surface area contributed by atoms with E-state index in [1.54, 1.807) is 0 Å². The summed E-state index contributed by atoms with van der Waals surface area (Å²) in [4.78, 5) is 25.1. The van der Waals surface area contributed by atoms with Crippen molar-refractivity contribution in [3.8, 4) is 5.75 Å². The molecule has 1 N–H and O–H groups in total. The van der Waals surface area contributed by atoms with E-state index in [0.717, 1.165) is 29.6 Å². The zero-order valence-electron chi connectivity index (χ0n) is 11.6. The number of rotatable bonds is 6. The fourth-order valence-corrected chi connectivity index (χ4v) is 2.86. The summed E-state index contributed by atoms with van der Waals surface area (Å²) in [7, 11) is 0. The first-order valence-electron chi connectivity index (χ1n) is 6.67. The van der Waals surface area contributed by atoms with Gasteiger partial charge in [-0.3, -0.25) is 14.5 Å². The van der Waals surface area contributed by atoms with E-state index in [1.165, 1.54) is 4.90 Å². The van der Waals surface area contributed by atoms with Gasteiger partial charge in [-0.15, -0.1) is 0 Å². The van der Waals surface area contributed by atoms with Gasteiger partial charge in [-0.1, -0.05) is 6.92 Å². The molecule has 5 nitrogen and oxygen atoms in total. The van der Waals surface area contributed by atoms with Gasteiger partial charge >= 0.3 is 0 Å². The van der Waals surface area contributed by atoms with E-state index in [4.69, 9.17) is 4.74 Å². The minimum absolute atomic E-state index is 0.171. The largest absolute Gasteiger partial charge is 0.494 e. The van der Waals surface area contributed by atoms with Crippen LogP contribution in [0, 0.1) is 0 Å². The first kappa shape index (κ1) is 14.7. The Kier molecular flexibility index (Phi) is 4.89. The number of benzene rings is 1. The van der Waals surface area contributed by atoms with Crippen LogP contribution in [-0.2, 0) is 4.79 Å². The second-order valence-electron chi connectivity index (χ2n) is 4.36. The van der Waals surface area contributed by atoms with Gasteiger partial charge in [0.2, 0.25) is 0 Å². The fourth-order valence-electron chi connectivity index (χ4n) is 1.93. The molecule has 0 saturated carbocycles. The smallest absolute Gasteiger partial charge is 0.290 e. The summed E-state index contributed by atoms with van der Waals surface area (Å²) in [5, 5.41) is 2.36. The van der Waals surface area contributed by atoms with Crippen molar-refractivity contribution < 1.29 is 14.3 Å². The molecule has 6 heteroatoms. The van der Waals surface area contributed by atoms with Gasteiger partial charge in [-0.05, 0) is 49.4 Å². The third kappa shape index (κ3) is 3.25. The molecule has 2 rings (SSSR count). The van der Waals surface area contributed by atoms with Crippen molar-refractivity contribution in [3.05, 3.63) is 24.3 Å². The average Bonchev–Trinajstić information content (AvgIpc) is 2.69. The molecular formula is C14H18N2O3S. The summed E-state index contributed by atoms with van der Waals surface area (Å²) < 4.78 is 5.36. The number of ether oxygens (including phenoxy) is 1. The Morgan fingerprint density at radius 2 is 1.95 bits per heavy atom. The normalized spacial score (nSPS) is 18.5. The van der Waals surface area contributed by atoms with Crippen LogP contribution in [-0.4, -0.2) is 34.6 Å². The maximum atomic E-state index is 12.1. The van der Waals surface area contributed by atoms with Gasteiger partial charge < -0.3 is 10.1 Å². The number of hydrogen-bond acceptors (Lipinski definition) is 5. The highest BCUT2D eigenvalue weighted by Crippen LogP contribution is 2.28. The van der Waals surface area contributed by atoms with Crippen molar-refractivity contribution in [2.24, 2.45) is 0 Å². The van der Waals surface area contributed by atoms with E-state index >= 15 is 0 Å². The standard InChI is InChI=1S/C14H18N2O3S/c1-3-9-16-13(17)12(20-14(16)18)15-10-5-7-11(8-6-10)19-4-2/h5-8,12,15H,3-4,9H2,1-2H3/t12-/m1/s1. The third-order valence-corrected chi connectivity index (χ3v) is 3.82. The summed E-state index contributed by atoms with van der Waals surface area (Å²) in [6.07, 6.45) is 0.772. The van der Waals surface area contributed by atoms with Crippen LogP contribution in [0.15, 0.2) is 24.3 Å². The number of hydrogen-bond donors (Lipinski definition) is 1. The lowest BCUT2D eigenvalue weighted by atomic mass is 10.3. The third-order valence-electron chi connectivity index (χ3n) is 2.84. The Labute approximate surface area is 122 Å². The molecular weight excluding hydrogens is 276 g/mol. The lowest BCUT2D eigenvalue weighted by Crippen LogP contribution is -2.34. The van der Waals surface area contributed by atoms with Gasteiger partial charge in [-0.25, -0.2) is 0 Å². The molecule has 1 fully saturated rings. The summed E-state index contributed by atoms with van der Waals surface area (Å²) >= 11 is 1.03. The van der Waals surface area contributed by atoms with E-state index in [2.05, 4.69) is 5.32 Å². The number of carbonyl (C=O) groups is 2. The van der Waals surface area contributed by atoms with Gasteiger partial charge in [-0.2, -0.15) is 0 Å². The Morgan fingerprint density at radius 1 is 1.25 bits per heavy atom. The van der Waals surface area contributed by atoms with Crippen molar-refractivity contribution in [2.75, 3.05) is 18.5 Å². The molecule has 0 bridgehead atoms. The molecule has 0 aromatic heterocycles. The maximum absolute atomic E-state index is 12.1. The van der Waals surface area contributed by atoms with Crippen LogP contribution >= 0.6 is 11.8 Å². The molecule has 108 valence electrons. The Morgan fingerprint density at radius 3 is 2.55 bits per heavy atom. The topological polar surface area (TPSA) is 58.6 Å². The molecule has 0 aliphatic carbocycles. The molecule has 1 aliphatic heterocycles. The van der Waals surface area contributed by atoms with Crippen LogP contribution < -0.4 is 10.1 Å². The lowest BCUT2D eigenvalue weighted by molar-refractivity contribution is -0.126. The van der Waals surface area contributed by atoms with Crippen LogP contribution in [0.5, 0.6) is 5.75 Å². The molecule has 0 spiro atoms. The van der Waals surface area contributed by atoms with Crippen LogP contribution in [0.1, 0.15) is 20.3 Å². The molecule has 1 aliphatic rings. The zero-order chi connectivity index (χ0) is 14.5. The highest BCUT2D eigenvalue weighted by molar-refractivity contribution is 8.15. The average molecular weight is 294 g/mol. The second-order valence-corrected chi connectivity index (χ2v) is 5.41. The van der Waals surface area contributed by atoms with E-state index < -0.39 is 5.37 Å². The minimum atomic E-state index is -0.535. The van der Waals surface area contributed by atoms with Crippen molar-refractivity contribution in [3.63, 3.8) is 0 Å². The van der Waals surface area contributed by atoms with Crippen molar-refractivity contribution in [1.82, 2.24) is 4.90 Å². The Bertz CT molecular complexity index is 490. The molecule has 1 atom stereocenters. The van der Waals surface area contributed by atoms with E-state index in [0.29, 0.717) is 13.2 Å². The molecule has 20 heavy (non-hydrogen) atoms. The molecule has 1 aromatic rings. The molecule has 0 unspecified atom stereocenters. The number of amides is 2. The highest BCUT2D eigenvalue weighted by atomic mass is 32.2. The van der Waals surface area contributed by atoms with E-state index in [1.807, 2.05) is 38.1 Å². The van der Waals surface area contributed by atoms with Gasteiger partial charge in [0.05, 0.1) is 6.61 Å². The molecule has 1 aromatic carbocycles. The number of imide groups is 1. The summed E-state index contributed by atoms with van der Waals surface area (Å²) in [5.41, 5.74) is 0.797. The quantitative estimate of drug-likeness (QED) is 0.874. The Hall–Kier alpha value is -1.69. The second kappa shape index (κ2) is 6.65. The summed E-state index contributed by atoms with van der Waals surface area (Å²) in [6.45, 7) is 4.96. The van der Waals surface area contributed by atoms with E-state index in [9.17, 15) is 9.59 Å². The van der Waals surface area contributed by atoms with Crippen molar-refractivity contribution in [2.45, 2.75) is 25.6 Å². The molecule has 0 radical (unpaired) electrons. The van der Waals surface area contributed by atoms with Gasteiger partial charge in [0, 0.05) is 12.2 Å². The predicted octanol–water partition coefficient (Wildman–Crippen LogP) is 2.93. The molecule has 2 amide bonds. The lowest BCUT2D eigenvalue weighted by Gasteiger charge is -2.14. The van der Waals surface area contributed by atoms with Crippen LogP contribution in [0.25, 0.3) is 0 Å². The monoisotopic (exact) mass is 294 g/mol. The zero-order valence-corrected chi connectivity index (χ0v) is 12.4. The van der Waals surface area contributed by atoms with Crippen molar-refractivity contribution in [1.29, 1.82) is 0 Å². The number of nitrogens with one attached hydrogen (secondary N) is 1. The summed E-state index contributed by atoms with van der Waals surface area (Å²) in [6, 6.07) is 7.35. The Balaban J connectivity index is 2.00. The number of carbonyl (C=O) groups excluding carboxylic acids is 2. The van der Waals surface area contributed by atoms with Crippen LogP contribution in [0.4, 0.5) is 10.5 Å².